The molecule has 0 aromatic carbocycles. The van der Waals surface area contributed by atoms with Gasteiger partial charge in [-0.1, -0.05) is 13.5 Å². The second-order valence-corrected chi connectivity index (χ2v) is 5.68. The minimum Gasteiger partial charge on any atom is -0.460 e. The Bertz CT molecular complexity index is 358. The van der Waals surface area contributed by atoms with Crippen molar-refractivity contribution in [1.82, 2.24) is 0 Å². The van der Waals surface area contributed by atoms with Gasteiger partial charge in [-0.2, -0.15) is 0 Å². The fraction of sp³-hybridized carbons (Fsp3) is 0.800. The van der Waals surface area contributed by atoms with Crippen molar-refractivity contribution in [2.45, 2.75) is 31.7 Å². The van der Waals surface area contributed by atoms with Gasteiger partial charge in [0.2, 0.25) is 0 Å². The molecule has 2 aliphatic rings. The standard InChI is InChI=1S/C15H24O6/c1-3-13(17)19-9-12(16)8-18-5-4-11-7-21-14-10(2)6-20-15(11)14/h3,10-12,14-16H,1,4-9H2,2H3. The lowest BCUT2D eigenvalue weighted by Gasteiger charge is -2.16. The maximum absolute atomic E-state index is 10.8. The molecule has 0 aromatic heterocycles. The Hall–Kier alpha value is -0.950. The highest BCUT2D eigenvalue weighted by atomic mass is 16.6. The highest BCUT2D eigenvalue weighted by Crippen LogP contribution is 2.35. The molecular weight excluding hydrogens is 276 g/mol. The molecule has 0 aromatic rings. The van der Waals surface area contributed by atoms with Crippen LogP contribution >= 0.6 is 0 Å². The molecule has 6 nitrogen and oxygen atoms in total. The van der Waals surface area contributed by atoms with E-state index < -0.39 is 12.1 Å². The molecule has 6 heteroatoms. The first-order chi connectivity index (χ1) is 10.1. The van der Waals surface area contributed by atoms with E-state index in [1.54, 1.807) is 0 Å². The Morgan fingerprint density at radius 1 is 1.38 bits per heavy atom. The Morgan fingerprint density at radius 2 is 2.14 bits per heavy atom. The zero-order chi connectivity index (χ0) is 15.2. The number of hydrogen-bond acceptors (Lipinski definition) is 6. The largest absolute Gasteiger partial charge is 0.460 e. The van der Waals surface area contributed by atoms with Crippen molar-refractivity contribution in [1.29, 1.82) is 0 Å². The minimum atomic E-state index is -0.816. The molecule has 0 radical (unpaired) electrons. The number of aliphatic hydroxyl groups is 1. The quantitative estimate of drug-likeness (QED) is 0.400. The second kappa shape index (κ2) is 7.89. The van der Waals surface area contributed by atoms with Crippen LogP contribution in [0.1, 0.15) is 13.3 Å². The van der Waals surface area contributed by atoms with E-state index in [1.807, 2.05) is 0 Å². The van der Waals surface area contributed by atoms with E-state index in [1.165, 1.54) is 0 Å². The van der Waals surface area contributed by atoms with E-state index in [0.29, 0.717) is 25.0 Å². The summed E-state index contributed by atoms with van der Waals surface area (Å²) in [6.07, 6.45) is 1.49. The number of ether oxygens (including phenoxy) is 4. The van der Waals surface area contributed by atoms with E-state index in [0.717, 1.165) is 19.1 Å². The fourth-order valence-corrected chi connectivity index (χ4v) is 2.76. The lowest BCUT2D eigenvalue weighted by Crippen LogP contribution is -2.27. The van der Waals surface area contributed by atoms with Gasteiger partial charge in [0.05, 0.1) is 32.0 Å². The Morgan fingerprint density at radius 3 is 2.90 bits per heavy atom. The molecule has 2 fully saturated rings. The molecule has 1 N–H and O–H groups in total. The predicted octanol–water partition coefficient (Wildman–Crippen LogP) is 0.533. The summed E-state index contributed by atoms with van der Waals surface area (Å²) in [5.74, 6) is 0.272. The number of aliphatic hydroxyl groups excluding tert-OH is 1. The molecule has 5 unspecified atom stereocenters. The molecule has 0 bridgehead atoms. The topological polar surface area (TPSA) is 74.2 Å². The average molecular weight is 300 g/mol. The number of carbonyl (C=O) groups excluding carboxylic acids is 1. The maximum atomic E-state index is 10.8. The van der Waals surface area contributed by atoms with Gasteiger partial charge in [-0.3, -0.25) is 0 Å². The van der Waals surface area contributed by atoms with Crippen LogP contribution in [0.2, 0.25) is 0 Å². The molecule has 5 atom stereocenters. The smallest absolute Gasteiger partial charge is 0.330 e. The molecule has 0 spiro atoms. The number of hydrogen-bond donors (Lipinski definition) is 1. The fourth-order valence-electron chi connectivity index (χ4n) is 2.76. The minimum absolute atomic E-state index is 0.0806. The molecule has 2 heterocycles. The summed E-state index contributed by atoms with van der Waals surface area (Å²) in [5, 5.41) is 9.58. The van der Waals surface area contributed by atoms with Gasteiger partial charge >= 0.3 is 5.97 Å². The molecule has 120 valence electrons. The number of fused-ring (bicyclic) bond motifs is 1. The normalized spacial score (nSPS) is 32.7. The van der Waals surface area contributed by atoms with Crippen LogP contribution in [0.3, 0.4) is 0 Å². The molecule has 2 saturated heterocycles. The maximum Gasteiger partial charge on any atom is 0.330 e. The zero-order valence-electron chi connectivity index (χ0n) is 12.4. The first-order valence-corrected chi connectivity index (χ1v) is 7.40. The Labute approximate surface area is 125 Å². The molecule has 0 aliphatic carbocycles. The summed E-state index contributed by atoms with van der Waals surface area (Å²) in [6, 6.07) is 0. The van der Waals surface area contributed by atoms with Crippen LogP contribution in [-0.2, 0) is 23.7 Å². The summed E-state index contributed by atoms with van der Waals surface area (Å²) >= 11 is 0. The van der Waals surface area contributed by atoms with Crippen LogP contribution in [0.5, 0.6) is 0 Å². The molecule has 0 amide bonds. The van der Waals surface area contributed by atoms with Gasteiger partial charge < -0.3 is 24.1 Å². The van der Waals surface area contributed by atoms with Crippen LogP contribution in [0, 0.1) is 11.8 Å². The third-order valence-electron chi connectivity index (χ3n) is 3.93. The van der Waals surface area contributed by atoms with Crippen LogP contribution < -0.4 is 0 Å². The van der Waals surface area contributed by atoms with Crippen LogP contribution in [0.25, 0.3) is 0 Å². The lowest BCUT2D eigenvalue weighted by atomic mass is 9.95. The van der Waals surface area contributed by atoms with Crippen molar-refractivity contribution < 1.29 is 28.8 Å². The van der Waals surface area contributed by atoms with Gasteiger partial charge in [-0.25, -0.2) is 4.79 Å². The summed E-state index contributed by atoms with van der Waals surface area (Å²) < 4.78 is 21.7. The highest BCUT2D eigenvalue weighted by molar-refractivity contribution is 5.81. The van der Waals surface area contributed by atoms with E-state index in [-0.39, 0.29) is 25.4 Å². The number of carbonyl (C=O) groups is 1. The summed E-state index contributed by atoms with van der Waals surface area (Å²) in [4.78, 5) is 10.8. The second-order valence-electron chi connectivity index (χ2n) is 5.68. The highest BCUT2D eigenvalue weighted by Gasteiger charge is 2.45. The van der Waals surface area contributed by atoms with Crippen LogP contribution in [0.4, 0.5) is 0 Å². The summed E-state index contributed by atoms with van der Waals surface area (Å²) in [6.45, 7) is 7.49. The van der Waals surface area contributed by atoms with Crippen LogP contribution in [-0.4, -0.2) is 62.4 Å². The van der Waals surface area contributed by atoms with Gasteiger partial charge in [-0.15, -0.1) is 0 Å². The summed E-state index contributed by atoms with van der Waals surface area (Å²) in [5.41, 5.74) is 0. The molecule has 21 heavy (non-hydrogen) atoms. The monoisotopic (exact) mass is 300 g/mol. The number of esters is 1. The SMILES string of the molecule is C=CC(=O)OCC(O)COCCC1COC2C(C)COC12. The van der Waals surface area contributed by atoms with Crippen molar-refractivity contribution >= 4 is 5.97 Å². The third-order valence-corrected chi connectivity index (χ3v) is 3.93. The molecule has 0 saturated carbocycles. The van der Waals surface area contributed by atoms with Gasteiger partial charge in [0.25, 0.3) is 0 Å². The predicted molar refractivity (Wildman–Crippen MR) is 74.7 cm³/mol. The van der Waals surface area contributed by atoms with Crippen molar-refractivity contribution in [3.05, 3.63) is 12.7 Å². The average Bonchev–Trinajstić information content (AvgIpc) is 3.05. The van der Waals surface area contributed by atoms with Gasteiger partial charge in [0.1, 0.15) is 12.7 Å². The first kappa shape index (κ1) is 16.4. The Balaban J connectivity index is 1.56. The van der Waals surface area contributed by atoms with Gasteiger partial charge in [-0.05, 0) is 6.42 Å². The number of rotatable bonds is 8. The molecular formula is C15H24O6. The van der Waals surface area contributed by atoms with Crippen LogP contribution in [0.15, 0.2) is 12.7 Å². The van der Waals surface area contributed by atoms with Crippen molar-refractivity contribution in [3.8, 4) is 0 Å². The Kier molecular flexibility index (Phi) is 6.17. The van der Waals surface area contributed by atoms with E-state index in [2.05, 4.69) is 13.5 Å². The van der Waals surface area contributed by atoms with E-state index in [9.17, 15) is 9.90 Å². The third kappa shape index (κ3) is 4.51. The van der Waals surface area contributed by atoms with Gasteiger partial charge in [0, 0.05) is 24.5 Å². The van der Waals surface area contributed by atoms with E-state index in [4.69, 9.17) is 18.9 Å². The lowest BCUT2D eigenvalue weighted by molar-refractivity contribution is -0.141. The van der Waals surface area contributed by atoms with Gasteiger partial charge in [0.15, 0.2) is 0 Å². The zero-order valence-corrected chi connectivity index (χ0v) is 12.4. The van der Waals surface area contributed by atoms with Crippen molar-refractivity contribution in [3.63, 3.8) is 0 Å². The van der Waals surface area contributed by atoms with Crippen molar-refractivity contribution in [2.75, 3.05) is 33.0 Å². The summed E-state index contributed by atoms with van der Waals surface area (Å²) in [7, 11) is 0. The molecule has 2 aliphatic heterocycles. The first-order valence-electron chi connectivity index (χ1n) is 7.40. The van der Waals surface area contributed by atoms with E-state index >= 15 is 0 Å². The van der Waals surface area contributed by atoms with Crippen molar-refractivity contribution in [2.24, 2.45) is 11.8 Å². The molecule has 2 rings (SSSR count).